The van der Waals surface area contributed by atoms with Crippen LogP contribution in [-0.2, 0) is 0 Å². The molecule has 0 amide bonds. The summed E-state index contributed by atoms with van der Waals surface area (Å²) in [6.07, 6.45) is -7.86. The number of aliphatic hydroxyl groups is 6. The molecule has 1 rings (SSSR count). The fourth-order valence-corrected chi connectivity index (χ4v) is 2.04. The minimum atomic E-state index is -1.98. The van der Waals surface area contributed by atoms with E-state index in [-0.39, 0.29) is 6.42 Å². The van der Waals surface area contributed by atoms with E-state index in [0.717, 1.165) is 0 Å². The Bertz CT molecular complexity index is 205. The minimum absolute atomic E-state index is 0.0240. The first-order valence-corrected chi connectivity index (χ1v) is 4.99. The first-order valence-electron chi connectivity index (χ1n) is 4.99. The van der Waals surface area contributed by atoms with Gasteiger partial charge < -0.3 is 30.6 Å². The van der Waals surface area contributed by atoms with Crippen LogP contribution >= 0.6 is 0 Å². The van der Waals surface area contributed by atoms with E-state index in [1.165, 1.54) is 0 Å². The second-order valence-corrected chi connectivity index (χ2v) is 4.10. The van der Waals surface area contributed by atoms with E-state index < -0.39 is 36.1 Å². The Labute approximate surface area is 87.4 Å². The Kier molecular flexibility index (Phi) is 3.70. The molecule has 0 aliphatic heterocycles. The molecule has 0 aromatic carbocycles. The van der Waals surface area contributed by atoms with Gasteiger partial charge in [-0.2, -0.15) is 0 Å². The highest BCUT2D eigenvalue weighted by Gasteiger charge is 2.56. The van der Waals surface area contributed by atoms with E-state index in [1.807, 2.05) is 0 Å². The summed E-state index contributed by atoms with van der Waals surface area (Å²) < 4.78 is 0. The molecular weight excluding hydrogens is 204 g/mol. The van der Waals surface area contributed by atoms with Crippen molar-refractivity contribution in [1.82, 2.24) is 0 Å². The average molecular weight is 222 g/mol. The molecule has 0 bridgehead atoms. The molecule has 6 N–H and O–H groups in total. The standard InChI is InChI=1S/C9H18O6/c1-2-3-9(15)7(13)5(11)4(10)6(12)8(9)14/h4-8,10-15H,2-3H2,1H3/t4?,5-,6+,7-,8-,9?/m1/s1. The molecule has 1 fully saturated rings. The first kappa shape index (κ1) is 12.8. The van der Waals surface area contributed by atoms with E-state index in [1.54, 1.807) is 6.92 Å². The molecule has 2 unspecified atom stereocenters. The summed E-state index contributed by atoms with van der Waals surface area (Å²) >= 11 is 0. The normalized spacial score (nSPS) is 51.8. The van der Waals surface area contributed by atoms with Crippen molar-refractivity contribution in [1.29, 1.82) is 0 Å². The third-order valence-corrected chi connectivity index (χ3v) is 3.02. The van der Waals surface area contributed by atoms with Crippen molar-refractivity contribution in [2.24, 2.45) is 0 Å². The lowest BCUT2D eigenvalue weighted by molar-refractivity contribution is -0.269. The molecule has 15 heavy (non-hydrogen) atoms. The Morgan fingerprint density at radius 1 is 0.867 bits per heavy atom. The summed E-state index contributed by atoms with van der Waals surface area (Å²) in [6.45, 7) is 1.72. The topological polar surface area (TPSA) is 121 Å². The van der Waals surface area contributed by atoms with Crippen molar-refractivity contribution in [2.45, 2.75) is 55.9 Å². The van der Waals surface area contributed by atoms with E-state index >= 15 is 0 Å². The van der Waals surface area contributed by atoms with Gasteiger partial charge in [0.05, 0.1) is 0 Å². The zero-order valence-electron chi connectivity index (χ0n) is 8.48. The van der Waals surface area contributed by atoms with Crippen molar-refractivity contribution < 1.29 is 30.6 Å². The van der Waals surface area contributed by atoms with Gasteiger partial charge >= 0.3 is 0 Å². The number of hydrogen-bond donors (Lipinski definition) is 6. The lowest BCUT2D eigenvalue weighted by Crippen LogP contribution is -2.70. The largest absolute Gasteiger partial charge is 0.387 e. The van der Waals surface area contributed by atoms with Crippen molar-refractivity contribution >= 4 is 0 Å². The van der Waals surface area contributed by atoms with Gasteiger partial charge in [0.25, 0.3) is 0 Å². The zero-order chi connectivity index (χ0) is 11.8. The summed E-state index contributed by atoms with van der Waals surface area (Å²) in [5.74, 6) is 0. The molecule has 6 heteroatoms. The van der Waals surface area contributed by atoms with E-state index in [4.69, 9.17) is 0 Å². The van der Waals surface area contributed by atoms with Crippen LogP contribution in [0.2, 0.25) is 0 Å². The van der Waals surface area contributed by atoms with Crippen LogP contribution in [0.5, 0.6) is 0 Å². The maximum atomic E-state index is 9.94. The van der Waals surface area contributed by atoms with Gasteiger partial charge in [-0.1, -0.05) is 13.3 Å². The fraction of sp³-hybridized carbons (Fsp3) is 1.00. The molecule has 0 saturated heterocycles. The Balaban J connectivity index is 2.95. The molecule has 90 valence electrons. The van der Waals surface area contributed by atoms with Crippen LogP contribution < -0.4 is 0 Å². The van der Waals surface area contributed by atoms with Gasteiger partial charge in [0.15, 0.2) is 0 Å². The van der Waals surface area contributed by atoms with Crippen LogP contribution in [0.1, 0.15) is 19.8 Å². The maximum absolute atomic E-state index is 9.94. The highest BCUT2D eigenvalue weighted by molar-refractivity contribution is 5.07. The number of aliphatic hydroxyl groups excluding tert-OH is 5. The van der Waals surface area contributed by atoms with E-state index in [2.05, 4.69) is 0 Å². The monoisotopic (exact) mass is 222 g/mol. The van der Waals surface area contributed by atoms with Crippen LogP contribution in [0.3, 0.4) is 0 Å². The van der Waals surface area contributed by atoms with Crippen LogP contribution in [0.4, 0.5) is 0 Å². The summed E-state index contributed by atoms with van der Waals surface area (Å²) in [4.78, 5) is 0. The third kappa shape index (κ3) is 1.89. The number of hydrogen-bond acceptors (Lipinski definition) is 6. The Hall–Kier alpha value is -0.240. The molecule has 6 atom stereocenters. The minimum Gasteiger partial charge on any atom is -0.387 e. The van der Waals surface area contributed by atoms with Crippen LogP contribution in [0.15, 0.2) is 0 Å². The molecule has 1 saturated carbocycles. The lowest BCUT2D eigenvalue weighted by atomic mass is 9.73. The first-order chi connectivity index (χ1) is 6.86. The third-order valence-electron chi connectivity index (χ3n) is 3.02. The van der Waals surface area contributed by atoms with Crippen molar-refractivity contribution in [3.8, 4) is 0 Å². The van der Waals surface area contributed by atoms with Gasteiger partial charge in [-0.15, -0.1) is 0 Å². The van der Waals surface area contributed by atoms with Crippen LogP contribution in [0.25, 0.3) is 0 Å². The van der Waals surface area contributed by atoms with E-state index in [9.17, 15) is 30.6 Å². The second kappa shape index (κ2) is 4.32. The molecule has 1 aliphatic rings. The summed E-state index contributed by atoms with van der Waals surface area (Å²) in [7, 11) is 0. The smallest absolute Gasteiger partial charge is 0.121 e. The molecule has 0 aromatic rings. The molecule has 0 aromatic heterocycles. The summed E-state index contributed by atoms with van der Waals surface area (Å²) in [5.41, 5.74) is -1.98. The van der Waals surface area contributed by atoms with Crippen molar-refractivity contribution in [3.63, 3.8) is 0 Å². The quantitative estimate of drug-likeness (QED) is 0.303. The SMILES string of the molecule is CCCC1(O)[C@H](O)[C@H](O)C(O)[C@H](O)[C@H]1O. The van der Waals surface area contributed by atoms with E-state index in [0.29, 0.717) is 6.42 Å². The fourth-order valence-electron chi connectivity index (χ4n) is 2.04. The lowest BCUT2D eigenvalue weighted by Gasteiger charge is -2.47. The predicted octanol–water partition coefficient (Wildman–Crippen LogP) is -2.66. The Morgan fingerprint density at radius 3 is 1.60 bits per heavy atom. The van der Waals surface area contributed by atoms with Gasteiger partial charge in [0.1, 0.15) is 36.1 Å². The summed E-state index contributed by atoms with van der Waals surface area (Å²) in [6, 6.07) is 0. The molecule has 1 aliphatic carbocycles. The highest BCUT2D eigenvalue weighted by Crippen LogP contribution is 2.33. The predicted molar refractivity (Wildman–Crippen MR) is 49.9 cm³/mol. The van der Waals surface area contributed by atoms with Crippen molar-refractivity contribution in [3.05, 3.63) is 0 Å². The highest BCUT2D eigenvalue weighted by atomic mass is 16.4. The van der Waals surface area contributed by atoms with Gasteiger partial charge in [0.2, 0.25) is 0 Å². The van der Waals surface area contributed by atoms with Gasteiger partial charge in [-0.25, -0.2) is 0 Å². The maximum Gasteiger partial charge on any atom is 0.121 e. The average Bonchev–Trinajstić information content (AvgIpc) is 2.22. The van der Waals surface area contributed by atoms with Crippen LogP contribution in [0, 0.1) is 0 Å². The molecule has 0 radical (unpaired) electrons. The molecular formula is C9H18O6. The summed E-state index contributed by atoms with van der Waals surface area (Å²) in [5, 5.41) is 57.0. The van der Waals surface area contributed by atoms with Gasteiger partial charge in [-0.05, 0) is 6.42 Å². The van der Waals surface area contributed by atoms with Gasteiger partial charge in [0, 0.05) is 0 Å². The molecule has 0 spiro atoms. The van der Waals surface area contributed by atoms with Gasteiger partial charge in [-0.3, -0.25) is 0 Å². The second-order valence-electron chi connectivity index (χ2n) is 4.10. The number of rotatable bonds is 2. The Morgan fingerprint density at radius 2 is 1.27 bits per heavy atom. The van der Waals surface area contributed by atoms with Crippen molar-refractivity contribution in [2.75, 3.05) is 0 Å². The molecule has 0 heterocycles. The molecule has 6 nitrogen and oxygen atoms in total. The van der Waals surface area contributed by atoms with Crippen LogP contribution in [-0.4, -0.2) is 66.8 Å². The zero-order valence-corrected chi connectivity index (χ0v) is 8.48.